The molecule has 0 heterocycles. The molecule has 0 aromatic heterocycles. The molecule has 0 saturated carbocycles. The van der Waals surface area contributed by atoms with Crippen molar-refractivity contribution in [1.82, 2.24) is 14.3 Å². The van der Waals surface area contributed by atoms with Gasteiger partial charge in [-0.15, -0.1) is 0 Å². The second kappa shape index (κ2) is 12.5. The minimum Gasteiger partial charge on any atom is -0.385 e. The molecule has 0 unspecified atom stereocenters. The molecule has 0 aliphatic heterocycles. The second-order valence-corrected chi connectivity index (χ2v) is 6.74. The SMILES string of the molecule is CCCNCCCN(C)S(=O)(=O)NCCCCCOC. The Hall–Kier alpha value is -0.210. The highest BCUT2D eigenvalue weighted by Gasteiger charge is 2.15. The lowest BCUT2D eigenvalue weighted by Crippen LogP contribution is -2.39. The number of ether oxygens (including phenoxy) is 1. The molecular formula is C13H31N3O3S. The molecule has 2 N–H and O–H groups in total. The average Bonchev–Trinajstić information content (AvgIpc) is 2.42. The van der Waals surface area contributed by atoms with E-state index < -0.39 is 10.2 Å². The Balaban J connectivity index is 3.69. The smallest absolute Gasteiger partial charge is 0.279 e. The van der Waals surface area contributed by atoms with Crippen LogP contribution < -0.4 is 10.0 Å². The first-order valence-corrected chi connectivity index (χ1v) is 8.89. The van der Waals surface area contributed by atoms with Crippen molar-refractivity contribution in [3.8, 4) is 0 Å². The molecule has 20 heavy (non-hydrogen) atoms. The zero-order chi connectivity index (χ0) is 15.3. The van der Waals surface area contributed by atoms with Crippen molar-refractivity contribution in [2.75, 3.05) is 46.9 Å². The monoisotopic (exact) mass is 309 g/mol. The van der Waals surface area contributed by atoms with Crippen molar-refractivity contribution in [2.24, 2.45) is 0 Å². The van der Waals surface area contributed by atoms with Gasteiger partial charge in [0.15, 0.2) is 0 Å². The van der Waals surface area contributed by atoms with Gasteiger partial charge < -0.3 is 10.1 Å². The van der Waals surface area contributed by atoms with Crippen LogP contribution in [0, 0.1) is 0 Å². The topological polar surface area (TPSA) is 70.7 Å². The van der Waals surface area contributed by atoms with Gasteiger partial charge in [-0.05, 0) is 45.2 Å². The summed E-state index contributed by atoms with van der Waals surface area (Å²) >= 11 is 0. The van der Waals surface area contributed by atoms with Crippen molar-refractivity contribution in [2.45, 2.75) is 39.0 Å². The first-order valence-electron chi connectivity index (χ1n) is 7.45. The Bertz CT molecular complexity index is 310. The summed E-state index contributed by atoms with van der Waals surface area (Å²) in [5.74, 6) is 0. The van der Waals surface area contributed by atoms with Gasteiger partial charge in [-0.3, -0.25) is 0 Å². The molecule has 0 atom stereocenters. The van der Waals surface area contributed by atoms with Crippen molar-refractivity contribution < 1.29 is 13.2 Å². The molecular weight excluding hydrogens is 278 g/mol. The molecule has 0 aliphatic rings. The number of nitrogens with one attached hydrogen (secondary N) is 2. The van der Waals surface area contributed by atoms with Crippen LogP contribution in [-0.2, 0) is 14.9 Å². The number of unbranched alkanes of at least 4 members (excludes halogenated alkanes) is 2. The van der Waals surface area contributed by atoms with Gasteiger partial charge in [-0.25, -0.2) is 4.72 Å². The number of nitrogens with zero attached hydrogens (tertiary/aromatic N) is 1. The standard InChI is InChI=1S/C13H31N3O3S/c1-4-9-14-10-8-12-16(2)20(17,18)15-11-6-5-7-13-19-3/h14-15H,4-13H2,1-3H3. The molecule has 0 amide bonds. The van der Waals surface area contributed by atoms with Crippen LogP contribution >= 0.6 is 0 Å². The summed E-state index contributed by atoms with van der Waals surface area (Å²) in [7, 11) is -0.0297. The predicted octanol–water partition coefficient (Wildman–Crippen LogP) is 0.959. The Morgan fingerprint density at radius 2 is 1.80 bits per heavy atom. The summed E-state index contributed by atoms with van der Waals surface area (Å²) < 4.78 is 32.8. The molecule has 0 spiro atoms. The minimum atomic E-state index is -3.32. The van der Waals surface area contributed by atoms with Crippen molar-refractivity contribution in [3.05, 3.63) is 0 Å². The fourth-order valence-electron chi connectivity index (χ4n) is 1.71. The van der Waals surface area contributed by atoms with Gasteiger partial charge in [0, 0.05) is 33.9 Å². The molecule has 0 aliphatic carbocycles. The van der Waals surface area contributed by atoms with Crippen LogP contribution in [0.25, 0.3) is 0 Å². The quantitative estimate of drug-likeness (QED) is 0.469. The number of methoxy groups -OCH3 is 1. The Morgan fingerprint density at radius 3 is 2.45 bits per heavy atom. The van der Waals surface area contributed by atoms with Crippen LogP contribution in [0.3, 0.4) is 0 Å². The van der Waals surface area contributed by atoms with Gasteiger partial charge in [0.05, 0.1) is 0 Å². The predicted molar refractivity (Wildman–Crippen MR) is 83.1 cm³/mol. The maximum atomic E-state index is 11.9. The Morgan fingerprint density at radius 1 is 1.05 bits per heavy atom. The fraction of sp³-hybridized carbons (Fsp3) is 1.00. The van der Waals surface area contributed by atoms with Crippen molar-refractivity contribution >= 4 is 10.2 Å². The van der Waals surface area contributed by atoms with Crippen molar-refractivity contribution in [1.29, 1.82) is 0 Å². The molecule has 0 rings (SSSR count). The van der Waals surface area contributed by atoms with Crippen LogP contribution in [0.4, 0.5) is 0 Å². The van der Waals surface area contributed by atoms with Gasteiger partial charge in [-0.1, -0.05) is 6.92 Å². The third kappa shape index (κ3) is 10.6. The summed E-state index contributed by atoms with van der Waals surface area (Å²) in [6, 6.07) is 0. The molecule has 0 bridgehead atoms. The summed E-state index contributed by atoms with van der Waals surface area (Å²) in [6.07, 6.45) is 4.71. The molecule has 0 fully saturated rings. The average molecular weight is 309 g/mol. The molecule has 6 nitrogen and oxygen atoms in total. The third-order valence-corrected chi connectivity index (χ3v) is 4.55. The number of hydrogen-bond donors (Lipinski definition) is 2. The molecule has 0 radical (unpaired) electrons. The summed E-state index contributed by atoms with van der Waals surface area (Å²) in [4.78, 5) is 0. The highest BCUT2D eigenvalue weighted by molar-refractivity contribution is 7.87. The van der Waals surface area contributed by atoms with Gasteiger partial charge >= 0.3 is 0 Å². The van der Waals surface area contributed by atoms with E-state index in [2.05, 4.69) is 17.0 Å². The third-order valence-electron chi connectivity index (χ3n) is 2.97. The van der Waals surface area contributed by atoms with Crippen LogP contribution in [0.1, 0.15) is 39.0 Å². The molecule has 7 heteroatoms. The van der Waals surface area contributed by atoms with E-state index >= 15 is 0 Å². The van der Waals surface area contributed by atoms with E-state index in [0.717, 1.165) is 51.8 Å². The molecule has 122 valence electrons. The van der Waals surface area contributed by atoms with Crippen LogP contribution in [-0.4, -0.2) is 59.7 Å². The Labute approximate surface area is 124 Å². The normalized spacial score (nSPS) is 12.2. The highest BCUT2D eigenvalue weighted by atomic mass is 32.2. The first kappa shape index (κ1) is 19.8. The zero-order valence-electron chi connectivity index (χ0n) is 13.2. The van der Waals surface area contributed by atoms with Gasteiger partial charge in [0.25, 0.3) is 10.2 Å². The van der Waals surface area contributed by atoms with E-state index in [1.165, 1.54) is 4.31 Å². The lowest BCUT2D eigenvalue weighted by molar-refractivity contribution is 0.192. The Kier molecular flexibility index (Phi) is 12.4. The lowest BCUT2D eigenvalue weighted by atomic mass is 10.2. The maximum absolute atomic E-state index is 11.9. The zero-order valence-corrected chi connectivity index (χ0v) is 14.0. The van der Waals surface area contributed by atoms with Crippen LogP contribution in [0.15, 0.2) is 0 Å². The lowest BCUT2D eigenvalue weighted by Gasteiger charge is -2.17. The van der Waals surface area contributed by atoms with E-state index in [0.29, 0.717) is 13.1 Å². The number of hydrogen-bond acceptors (Lipinski definition) is 4. The first-order chi connectivity index (χ1) is 9.54. The summed E-state index contributed by atoms with van der Waals surface area (Å²) in [5.41, 5.74) is 0. The van der Waals surface area contributed by atoms with E-state index in [4.69, 9.17) is 4.74 Å². The number of rotatable bonds is 14. The molecule has 0 aromatic rings. The fourth-order valence-corrected chi connectivity index (χ4v) is 2.70. The van der Waals surface area contributed by atoms with E-state index in [9.17, 15) is 8.42 Å². The largest absolute Gasteiger partial charge is 0.385 e. The van der Waals surface area contributed by atoms with Gasteiger partial charge in [-0.2, -0.15) is 12.7 Å². The van der Waals surface area contributed by atoms with Crippen LogP contribution in [0.5, 0.6) is 0 Å². The highest BCUT2D eigenvalue weighted by Crippen LogP contribution is 1.98. The van der Waals surface area contributed by atoms with E-state index in [1.807, 2.05) is 0 Å². The van der Waals surface area contributed by atoms with Gasteiger partial charge in [0.2, 0.25) is 0 Å². The van der Waals surface area contributed by atoms with Crippen molar-refractivity contribution in [3.63, 3.8) is 0 Å². The van der Waals surface area contributed by atoms with Crippen LogP contribution in [0.2, 0.25) is 0 Å². The summed E-state index contributed by atoms with van der Waals surface area (Å²) in [6.45, 7) is 5.71. The maximum Gasteiger partial charge on any atom is 0.279 e. The molecule has 0 aromatic carbocycles. The second-order valence-electron chi connectivity index (χ2n) is 4.88. The minimum absolute atomic E-state index is 0.491. The van der Waals surface area contributed by atoms with E-state index in [1.54, 1.807) is 14.2 Å². The summed E-state index contributed by atoms with van der Waals surface area (Å²) in [5, 5.41) is 3.26. The van der Waals surface area contributed by atoms with Gasteiger partial charge in [0.1, 0.15) is 0 Å². The molecule has 0 saturated heterocycles. The van der Waals surface area contributed by atoms with E-state index in [-0.39, 0.29) is 0 Å².